The van der Waals surface area contributed by atoms with Crippen LogP contribution in [0.2, 0.25) is 0 Å². The highest BCUT2D eigenvalue weighted by Crippen LogP contribution is 2.17. The summed E-state index contributed by atoms with van der Waals surface area (Å²) < 4.78 is 7.72. The van der Waals surface area contributed by atoms with Crippen molar-refractivity contribution in [3.63, 3.8) is 0 Å². The fourth-order valence-electron chi connectivity index (χ4n) is 3.62. The van der Waals surface area contributed by atoms with Gasteiger partial charge in [-0.15, -0.1) is 0 Å². The quantitative estimate of drug-likeness (QED) is 0.648. The molecule has 1 aliphatic heterocycles. The largest absolute Gasteiger partial charge is 0.379 e. The second-order valence-electron chi connectivity index (χ2n) is 7.12. The number of benzene rings is 2. The number of nitrogens with zero attached hydrogens (tertiary/aromatic N) is 3. The van der Waals surface area contributed by atoms with Gasteiger partial charge >= 0.3 is 6.03 Å². The molecule has 1 aliphatic rings. The van der Waals surface area contributed by atoms with Gasteiger partial charge in [0.15, 0.2) is 0 Å². The topological polar surface area (TPSA) is 71.4 Å². The van der Waals surface area contributed by atoms with Gasteiger partial charge in [-0.2, -0.15) is 0 Å². The number of ether oxygens (including phenoxy) is 1. The number of para-hydroxylation sites is 3. The molecule has 7 heteroatoms. The van der Waals surface area contributed by atoms with Gasteiger partial charge in [0.25, 0.3) is 0 Å². The summed E-state index contributed by atoms with van der Waals surface area (Å²) in [7, 11) is 0. The lowest BCUT2D eigenvalue weighted by Gasteiger charge is -2.27. The molecule has 2 N–H and O–H groups in total. The third-order valence-electron chi connectivity index (χ3n) is 5.14. The second kappa shape index (κ2) is 9.54. The van der Waals surface area contributed by atoms with E-state index < -0.39 is 0 Å². The number of fused-ring (bicyclic) bond motifs is 1. The van der Waals surface area contributed by atoms with Gasteiger partial charge in [-0.3, -0.25) is 4.90 Å². The zero-order valence-electron chi connectivity index (χ0n) is 16.5. The van der Waals surface area contributed by atoms with Crippen LogP contribution in [0.4, 0.5) is 10.5 Å². The number of nitrogens with one attached hydrogen (secondary N) is 2. The zero-order chi connectivity index (χ0) is 19.9. The maximum absolute atomic E-state index is 12.1. The maximum atomic E-state index is 12.1. The number of rotatable bonds is 7. The fraction of sp³-hybridized carbons (Fsp3) is 0.364. The van der Waals surface area contributed by atoms with Crippen LogP contribution in [0.25, 0.3) is 11.0 Å². The highest BCUT2D eigenvalue weighted by molar-refractivity contribution is 5.89. The number of hydrogen-bond acceptors (Lipinski definition) is 4. The van der Waals surface area contributed by atoms with E-state index >= 15 is 0 Å². The van der Waals surface area contributed by atoms with Crippen LogP contribution in [0.5, 0.6) is 0 Å². The van der Waals surface area contributed by atoms with Crippen molar-refractivity contribution in [2.75, 3.05) is 44.7 Å². The van der Waals surface area contributed by atoms with Gasteiger partial charge in [-0.25, -0.2) is 9.78 Å². The van der Waals surface area contributed by atoms with Crippen molar-refractivity contribution in [2.45, 2.75) is 13.0 Å². The molecule has 1 saturated heterocycles. The first-order valence-electron chi connectivity index (χ1n) is 10.1. The van der Waals surface area contributed by atoms with Crippen LogP contribution in [-0.2, 0) is 17.7 Å². The van der Waals surface area contributed by atoms with Crippen LogP contribution < -0.4 is 10.6 Å². The summed E-state index contributed by atoms with van der Waals surface area (Å²) in [5.74, 6) is 1.000. The predicted molar refractivity (Wildman–Crippen MR) is 114 cm³/mol. The van der Waals surface area contributed by atoms with E-state index in [1.165, 1.54) is 0 Å². The first-order valence-corrected chi connectivity index (χ1v) is 10.1. The number of imidazole rings is 1. The minimum absolute atomic E-state index is 0.202. The molecule has 1 aromatic heterocycles. The number of amides is 2. The van der Waals surface area contributed by atoms with Crippen molar-refractivity contribution in [3.05, 3.63) is 60.4 Å². The van der Waals surface area contributed by atoms with Gasteiger partial charge in [-0.05, 0) is 24.3 Å². The van der Waals surface area contributed by atoms with Crippen molar-refractivity contribution in [2.24, 2.45) is 0 Å². The fourth-order valence-corrected chi connectivity index (χ4v) is 3.62. The van der Waals surface area contributed by atoms with E-state index in [1.54, 1.807) is 0 Å². The summed E-state index contributed by atoms with van der Waals surface area (Å²) in [6, 6.07) is 17.5. The number of aromatic nitrogens is 2. The van der Waals surface area contributed by atoms with Crippen LogP contribution in [0.3, 0.4) is 0 Å². The minimum Gasteiger partial charge on any atom is -0.379 e. The average molecular weight is 393 g/mol. The molecule has 2 aromatic carbocycles. The summed E-state index contributed by atoms with van der Waals surface area (Å²) in [5, 5.41) is 5.77. The molecule has 0 atom stereocenters. The summed E-state index contributed by atoms with van der Waals surface area (Å²) in [4.78, 5) is 19.4. The highest BCUT2D eigenvalue weighted by atomic mass is 16.5. The number of anilines is 1. The molecule has 7 nitrogen and oxygen atoms in total. The molecule has 0 aliphatic carbocycles. The van der Waals surface area contributed by atoms with Crippen molar-refractivity contribution in [1.82, 2.24) is 19.8 Å². The molecule has 0 saturated carbocycles. The molecule has 4 rings (SSSR count). The van der Waals surface area contributed by atoms with E-state index in [0.717, 1.165) is 61.9 Å². The number of carbonyl (C=O) groups excluding carboxylic acids is 1. The Balaban J connectivity index is 1.37. The van der Waals surface area contributed by atoms with Gasteiger partial charge in [0.1, 0.15) is 5.82 Å². The Labute approximate surface area is 170 Å². The van der Waals surface area contributed by atoms with Gasteiger partial charge in [0.05, 0.1) is 24.2 Å². The molecule has 152 valence electrons. The lowest BCUT2D eigenvalue weighted by molar-refractivity contribution is 0.0364. The normalized spacial score (nSPS) is 14.8. The molecule has 0 bridgehead atoms. The number of carbonyl (C=O) groups is 1. The Morgan fingerprint density at radius 1 is 1.00 bits per heavy atom. The third kappa shape index (κ3) is 5.13. The van der Waals surface area contributed by atoms with Crippen molar-refractivity contribution >= 4 is 22.8 Å². The van der Waals surface area contributed by atoms with Gasteiger partial charge in [-0.1, -0.05) is 30.3 Å². The molecule has 2 amide bonds. The molecule has 29 heavy (non-hydrogen) atoms. The maximum Gasteiger partial charge on any atom is 0.319 e. The Morgan fingerprint density at radius 3 is 2.59 bits per heavy atom. The molecular weight excluding hydrogens is 366 g/mol. The number of morpholine rings is 1. The van der Waals surface area contributed by atoms with Gasteiger partial charge in [0, 0.05) is 44.8 Å². The molecule has 0 unspecified atom stereocenters. The molecule has 0 radical (unpaired) electrons. The first-order chi connectivity index (χ1) is 14.3. The SMILES string of the molecule is O=C(NCCc1nc2ccccc2n1CCN1CCOCC1)Nc1ccccc1. The Morgan fingerprint density at radius 2 is 1.76 bits per heavy atom. The lowest BCUT2D eigenvalue weighted by atomic mass is 10.3. The molecular formula is C22H27N5O2. The third-order valence-corrected chi connectivity index (χ3v) is 5.14. The van der Waals surface area contributed by atoms with Crippen molar-refractivity contribution in [1.29, 1.82) is 0 Å². The molecule has 2 heterocycles. The second-order valence-corrected chi connectivity index (χ2v) is 7.12. The summed E-state index contributed by atoms with van der Waals surface area (Å²) in [5.41, 5.74) is 2.92. The lowest BCUT2D eigenvalue weighted by Crippen LogP contribution is -2.38. The van der Waals surface area contributed by atoms with E-state index in [9.17, 15) is 4.79 Å². The van der Waals surface area contributed by atoms with E-state index in [4.69, 9.17) is 9.72 Å². The Bertz CT molecular complexity index is 935. The van der Waals surface area contributed by atoms with Crippen molar-refractivity contribution < 1.29 is 9.53 Å². The predicted octanol–water partition coefficient (Wildman–Crippen LogP) is 2.73. The van der Waals surface area contributed by atoms with Crippen LogP contribution in [0, 0.1) is 0 Å². The Hall–Kier alpha value is -2.90. The van der Waals surface area contributed by atoms with Crippen LogP contribution in [0.1, 0.15) is 5.82 Å². The summed E-state index contributed by atoms with van der Waals surface area (Å²) in [6.07, 6.45) is 0.681. The Kier molecular flexibility index (Phi) is 6.38. The molecule has 3 aromatic rings. The van der Waals surface area contributed by atoms with Gasteiger partial charge in [0.2, 0.25) is 0 Å². The highest BCUT2D eigenvalue weighted by Gasteiger charge is 2.14. The summed E-state index contributed by atoms with van der Waals surface area (Å²) in [6.45, 7) is 5.94. The van der Waals surface area contributed by atoms with E-state index in [1.807, 2.05) is 48.5 Å². The molecule has 0 spiro atoms. The average Bonchev–Trinajstić information content (AvgIpc) is 3.11. The standard InChI is InChI=1S/C22H27N5O2/c28-22(24-18-6-2-1-3-7-18)23-11-10-21-25-19-8-4-5-9-20(19)27(21)13-12-26-14-16-29-17-15-26/h1-9H,10-17H2,(H2,23,24,28). The van der Waals surface area contributed by atoms with Crippen LogP contribution >= 0.6 is 0 Å². The molecule has 1 fully saturated rings. The summed E-state index contributed by atoms with van der Waals surface area (Å²) >= 11 is 0. The van der Waals surface area contributed by atoms with Crippen LogP contribution in [-0.4, -0.2) is 59.9 Å². The smallest absolute Gasteiger partial charge is 0.319 e. The first kappa shape index (κ1) is 19.4. The minimum atomic E-state index is -0.202. The van der Waals surface area contributed by atoms with Crippen molar-refractivity contribution in [3.8, 4) is 0 Å². The van der Waals surface area contributed by atoms with E-state index in [-0.39, 0.29) is 6.03 Å². The zero-order valence-corrected chi connectivity index (χ0v) is 16.5. The van der Waals surface area contributed by atoms with Gasteiger partial charge < -0.3 is 19.9 Å². The number of urea groups is 1. The monoisotopic (exact) mass is 393 g/mol. The van der Waals surface area contributed by atoms with E-state index in [2.05, 4.69) is 26.2 Å². The van der Waals surface area contributed by atoms with Crippen LogP contribution in [0.15, 0.2) is 54.6 Å². The van der Waals surface area contributed by atoms with E-state index in [0.29, 0.717) is 13.0 Å². The number of hydrogen-bond donors (Lipinski definition) is 2.